The molecule has 12 heteroatoms. The molecule has 0 radical (unpaired) electrons. The smallest absolute Gasteiger partial charge is 0.246 e. The van der Waals surface area contributed by atoms with Crippen molar-refractivity contribution in [2.75, 3.05) is 20.6 Å². The molecule has 12 nitrogen and oxygen atoms in total. The van der Waals surface area contributed by atoms with Crippen molar-refractivity contribution in [3.05, 3.63) is 35.4 Å². The quantitative estimate of drug-likeness (QED) is 0.211. The van der Waals surface area contributed by atoms with E-state index < -0.39 is 58.9 Å². The van der Waals surface area contributed by atoms with E-state index in [0.717, 1.165) is 24.8 Å². The van der Waals surface area contributed by atoms with Crippen LogP contribution in [0.25, 0.3) is 0 Å². The van der Waals surface area contributed by atoms with Crippen molar-refractivity contribution in [1.82, 2.24) is 36.8 Å². The second-order valence-corrected chi connectivity index (χ2v) is 15.2. The van der Waals surface area contributed by atoms with E-state index in [1.165, 1.54) is 10.5 Å². The van der Waals surface area contributed by atoms with Crippen LogP contribution in [0, 0.1) is 10.8 Å². The van der Waals surface area contributed by atoms with Gasteiger partial charge in [-0.25, -0.2) is 0 Å². The molecule has 0 aromatic heterocycles. The molecule has 1 aromatic rings. The van der Waals surface area contributed by atoms with Gasteiger partial charge in [0.25, 0.3) is 0 Å². The van der Waals surface area contributed by atoms with Crippen LogP contribution in [0.1, 0.15) is 91.8 Å². The van der Waals surface area contributed by atoms with Crippen molar-refractivity contribution in [3.63, 3.8) is 0 Å². The zero-order valence-corrected chi connectivity index (χ0v) is 29.9. The van der Waals surface area contributed by atoms with E-state index in [1.54, 1.807) is 27.9 Å². The molecule has 7 unspecified atom stereocenters. The number of hydrogen-bond acceptors (Lipinski definition) is 7. The Hall–Kier alpha value is -3.51. The molecule has 1 aliphatic carbocycles. The van der Waals surface area contributed by atoms with E-state index in [2.05, 4.69) is 38.0 Å². The molecule has 5 amide bonds. The maximum atomic E-state index is 14.4. The SMILES string of the molecule is CNC(C)C(=O)NC(C(=O)NC1CC(C(=O)NC2CCCc3ccccc32)N(C(=O)C(NC(=O)C(C)NC)C(C)(C)C)C1)C(C)(C)C. The molecule has 7 atom stereocenters. The summed E-state index contributed by atoms with van der Waals surface area (Å²) in [4.78, 5) is 69.4. The Bertz CT molecular complexity index is 1300. The summed E-state index contributed by atoms with van der Waals surface area (Å²) in [6.07, 6.45) is 2.85. The highest BCUT2D eigenvalue weighted by Gasteiger charge is 2.47. The van der Waals surface area contributed by atoms with Crippen molar-refractivity contribution in [1.29, 1.82) is 0 Å². The Morgan fingerprint density at radius 3 is 1.89 bits per heavy atom. The summed E-state index contributed by atoms with van der Waals surface area (Å²) in [5.74, 6) is -1.72. The molecular weight excluding hydrogens is 598 g/mol. The second kappa shape index (κ2) is 15.6. The summed E-state index contributed by atoms with van der Waals surface area (Å²) in [6, 6.07) is 3.64. The molecule has 0 spiro atoms. The molecule has 262 valence electrons. The molecule has 1 aliphatic heterocycles. The number of aryl methyl sites for hydroxylation is 1. The van der Waals surface area contributed by atoms with Gasteiger partial charge in [-0.15, -0.1) is 0 Å². The summed E-state index contributed by atoms with van der Waals surface area (Å²) >= 11 is 0. The fourth-order valence-corrected chi connectivity index (χ4v) is 6.18. The van der Waals surface area contributed by atoms with Gasteiger partial charge in [0.05, 0.1) is 18.1 Å². The lowest BCUT2D eigenvalue weighted by Gasteiger charge is -2.36. The Morgan fingerprint density at radius 1 is 0.787 bits per heavy atom. The van der Waals surface area contributed by atoms with Gasteiger partial charge in [-0.1, -0.05) is 65.8 Å². The number of amides is 5. The minimum absolute atomic E-state index is 0.0751. The number of likely N-dealkylation sites (N-methyl/N-ethyl adjacent to an activating group) is 2. The molecule has 1 fully saturated rings. The number of fused-ring (bicyclic) bond motifs is 1. The first kappa shape index (κ1) is 37.9. The Balaban J connectivity index is 1.91. The van der Waals surface area contributed by atoms with Crippen LogP contribution in [0.4, 0.5) is 0 Å². The standard InChI is InChI=1S/C35H57N7O5/c1-20(36-9)29(43)40-27(34(3,4)5)32(46)38-23-18-26(31(45)39-25-17-13-15-22-14-11-12-16-24(22)25)42(19-23)33(47)28(35(6,7)8)41-30(44)21(2)37-10/h11-12,14,16,20-21,23,25-28,36-37H,13,15,17-19H2,1-10H3,(H,38,46)(H,39,45)(H,40,43)(H,41,44). The Kier molecular flexibility index (Phi) is 12.6. The number of carbonyl (C=O) groups excluding carboxylic acids is 5. The largest absolute Gasteiger partial charge is 0.350 e. The first-order chi connectivity index (χ1) is 21.9. The van der Waals surface area contributed by atoms with Gasteiger partial charge in [0.15, 0.2) is 0 Å². The predicted molar refractivity (Wildman–Crippen MR) is 182 cm³/mol. The van der Waals surface area contributed by atoms with Crippen LogP contribution >= 0.6 is 0 Å². The maximum absolute atomic E-state index is 14.4. The summed E-state index contributed by atoms with van der Waals surface area (Å²) in [6.45, 7) is 14.7. The average molecular weight is 656 g/mol. The van der Waals surface area contributed by atoms with E-state index in [4.69, 9.17) is 0 Å². The van der Waals surface area contributed by atoms with E-state index in [-0.39, 0.29) is 36.7 Å². The monoisotopic (exact) mass is 655 g/mol. The highest BCUT2D eigenvalue weighted by molar-refractivity contribution is 5.95. The molecule has 0 saturated carbocycles. The van der Waals surface area contributed by atoms with Crippen molar-refractivity contribution >= 4 is 29.5 Å². The van der Waals surface area contributed by atoms with Crippen molar-refractivity contribution < 1.29 is 24.0 Å². The fourth-order valence-electron chi connectivity index (χ4n) is 6.18. The van der Waals surface area contributed by atoms with Gasteiger partial charge in [0, 0.05) is 12.6 Å². The number of hydrogen-bond donors (Lipinski definition) is 6. The topological polar surface area (TPSA) is 161 Å². The molecule has 1 aromatic carbocycles. The zero-order valence-electron chi connectivity index (χ0n) is 29.9. The van der Waals surface area contributed by atoms with Crippen molar-refractivity contribution in [3.8, 4) is 0 Å². The molecule has 1 heterocycles. The summed E-state index contributed by atoms with van der Waals surface area (Å²) in [5.41, 5.74) is 0.994. The zero-order chi connectivity index (χ0) is 35.3. The van der Waals surface area contributed by atoms with Crippen LogP contribution in [0.5, 0.6) is 0 Å². The molecule has 47 heavy (non-hydrogen) atoms. The van der Waals surface area contributed by atoms with Crippen molar-refractivity contribution in [2.24, 2.45) is 10.8 Å². The second-order valence-electron chi connectivity index (χ2n) is 15.2. The summed E-state index contributed by atoms with van der Waals surface area (Å²) < 4.78 is 0. The van der Waals surface area contributed by atoms with Crippen LogP contribution in [0.15, 0.2) is 24.3 Å². The minimum Gasteiger partial charge on any atom is -0.350 e. The number of benzene rings is 1. The minimum atomic E-state index is -0.921. The first-order valence-electron chi connectivity index (χ1n) is 16.8. The van der Waals surface area contributed by atoms with E-state index in [9.17, 15) is 24.0 Å². The van der Waals surface area contributed by atoms with E-state index >= 15 is 0 Å². The van der Waals surface area contributed by atoms with Gasteiger partial charge in [0.1, 0.15) is 18.1 Å². The fraction of sp³-hybridized carbons (Fsp3) is 0.686. The lowest BCUT2D eigenvalue weighted by molar-refractivity contribution is -0.144. The Labute approximate surface area is 280 Å². The maximum Gasteiger partial charge on any atom is 0.246 e. The molecule has 6 N–H and O–H groups in total. The lowest BCUT2D eigenvalue weighted by atomic mass is 9.85. The average Bonchev–Trinajstić information content (AvgIpc) is 3.43. The number of carbonyl (C=O) groups is 5. The third-order valence-electron chi connectivity index (χ3n) is 9.39. The van der Waals surface area contributed by atoms with Crippen LogP contribution in [-0.4, -0.2) is 91.3 Å². The molecule has 3 rings (SSSR count). The van der Waals surface area contributed by atoms with Gasteiger partial charge in [0.2, 0.25) is 29.5 Å². The van der Waals surface area contributed by atoms with Gasteiger partial charge >= 0.3 is 0 Å². The van der Waals surface area contributed by atoms with Crippen molar-refractivity contribution in [2.45, 2.75) is 123 Å². The molecule has 2 aliphatic rings. The summed E-state index contributed by atoms with van der Waals surface area (Å²) in [7, 11) is 3.34. The molecular formula is C35H57N7O5. The predicted octanol–water partition coefficient (Wildman–Crippen LogP) is 1.54. The van der Waals surface area contributed by atoms with Crippen LogP contribution in [0.3, 0.4) is 0 Å². The Morgan fingerprint density at radius 2 is 1.34 bits per heavy atom. The molecule has 0 bridgehead atoms. The van der Waals surface area contributed by atoms with E-state index in [0.29, 0.717) is 0 Å². The first-order valence-corrected chi connectivity index (χ1v) is 16.8. The number of rotatable bonds is 11. The van der Waals surface area contributed by atoms with Gasteiger partial charge in [-0.2, -0.15) is 0 Å². The van der Waals surface area contributed by atoms with Crippen LogP contribution < -0.4 is 31.9 Å². The van der Waals surface area contributed by atoms with Crippen LogP contribution in [-0.2, 0) is 30.4 Å². The lowest BCUT2D eigenvalue weighted by Crippen LogP contribution is -2.60. The number of nitrogens with one attached hydrogen (secondary N) is 6. The highest BCUT2D eigenvalue weighted by atomic mass is 16.2. The third kappa shape index (κ3) is 9.53. The van der Waals surface area contributed by atoms with Gasteiger partial charge < -0.3 is 36.8 Å². The molecule has 1 saturated heterocycles. The number of nitrogens with zero attached hydrogens (tertiary/aromatic N) is 1. The highest BCUT2D eigenvalue weighted by Crippen LogP contribution is 2.31. The van der Waals surface area contributed by atoms with Gasteiger partial charge in [-0.3, -0.25) is 24.0 Å². The number of likely N-dealkylation sites (tertiary alicyclic amines) is 1. The van der Waals surface area contributed by atoms with E-state index in [1.807, 2.05) is 59.7 Å². The summed E-state index contributed by atoms with van der Waals surface area (Å²) in [5, 5.41) is 17.8. The normalized spacial score (nSPS) is 22.3. The third-order valence-corrected chi connectivity index (χ3v) is 9.39. The van der Waals surface area contributed by atoms with Crippen LogP contribution in [0.2, 0.25) is 0 Å². The van der Waals surface area contributed by atoms with Gasteiger partial charge in [-0.05, 0) is 75.6 Å².